The van der Waals surface area contributed by atoms with E-state index in [1.165, 1.54) is 11.1 Å². The number of amides is 1. The van der Waals surface area contributed by atoms with Crippen LogP contribution in [0, 0.1) is 6.92 Å². The van der Waals surface area contributed by atoms with Crippen molar-refractivity contribution < 1.29 is 4.79 Å². The predicted molar refractivity (Wildman–Crippen MR) is 99.4 cm³/mol. The number of nitrogens with one attached hydrogen (secondary N) is 2. The Morgan fingerprint density at radius 3 is 2.62 bits per heavy atom. The van der Waals surface area contributed by atoms with E-state index in [9.17, 15) is 4.79 Å². The third-order valence-electron chi connectivity index (χ3n) is 3.56. The predicted octanol–water partition coefficient (Wildman–Crippen LogP) is 4.24. The van der Waals surface area contributed by atoms with Gasteiger partial charge in [-0.25, -0.2) is 4.98 Å². The van der Waals surface area contributed by atoms with E-state index >= 15 is 0 Å². The molecule has 0 unspecified atom stereocenters. The summed E-state index contributed by atoms with van der Waals surface area (Å²) in [4.78, 5) is 17.3. The van der Waals surface area contributed by atoms with Crippen LogP contribution in [0.25, 0.3) is 0 Å². The highest BCUT2D eigenvalue weighted by Gasteiger charge is 2.05. The quantitative estimate of drug-likeness (QED) is 0.707. The van der Waals surface area contributed by atoms with Crippen molar-refractivity contribution in [1.29, 1.82) is 0 Å². The van der Waals surface area contributed by atoms with Gasteiger partial charge in [-0.2, -0.15) is 0 Å². The number of rotatable bonds is 6. The van der Waals surface area contributed by atoms with Crippen molar-refractivity contribution in [3.8, 4) is 0 Å². The molecule has 0 radical (unpaired) electrons. The normalized spacial score (nSPS) is 10.4. The van der Waals surface area contributed by atoms with Crippen LogP contribution in [0.15, 0.2) is 60.1 Å². The summed E-state index contributed by atoms with van der Waals surface area (Å²) < 4.78 is 0. The average Bonchev–Trinajstić information content (AvgIpc) is 3.08. The SMILES string of the molecule is Cc1ccc(CNc2ccc(NC(=O)Cc3cccs3)cn2)cc1. The van der Waals surface area contributed by atoms with Crippen LogP contribution in [0.5, 0.6) is 0 Å². The molecule has 0 spiro atoms. The molecule has 3 rings (SSSR count). The molecule has 2 N–H and O–H groups in total. The number of thiophene rings is 1. The van der Waals surface area contributed by atoms with Gasteiger partial charge in [-0.3, -0.25) is 4.79 Å². The van der Waals surface area contributed by atoms with Gasteiger partial charge in [0.15, 0.2) is 0 Å². The second-order valence-corrected chi connectivity index (χ2v) is 6.61. The second kappa shape index (κ2) is 7.75. The fraction of sp³-hybridized carbons (Fsp3) is 0.158. The molecule has 0 aliphatic heterocycles. The van der Waals surface area contributed by atoms with Crippen LogP contribution in [0.4, 0.5) is 11.5 Å². The van der Waals surface area contributed by atoms with E-state index in [1.807, 2.05) is 29.6 Å². The Morgan fingerprint density at radius 1 is 1.12 bits per heavy atom. The van der Waals surface area contributed by atoms with Crippen LogP contribution < -0.4 is 10.6 Å². The molecule has 4 nitrogen and oxygen atoms in total. The lowest BCUT2D eigenvalue weighted by molar-refractivity contribution is -0.115. The molecule has 1 aromatic carbocycles. The smallest absolute Gasteiger partial charge is 0.229 e. The Bertz CT molecular complexity index is 780. The summed E-state index contributed by atoms with van der Waals surface area (Å²) in [6.07, 6.45) is 2.06. The fourth-order valence-corrected chi connectivity index (χ4v) is 2.95. The molecule has 2 aromatic heterocycles. The number of benzene rings is 1. The van der Waals surface area contributed by atoms with Crippen LogP contribution in [-0.4, -0.2) is 10.9 Å². The third-order valence-corrected chi connectivity index (χ3v) is 4.43. The first-order valence-corrected chi connectivity index (χ1v) is 8.65. The highest BCUT2D eigenvalue weighted by Crippen LogP contribution is 2.13. The molecule has 0 fully saturated rings. The lowest BCUT2D eigenvalue weighted by Crippen LogP contribution is -2.14. The van der Waals surface area contributed by atoms with Gasteiger partial charge in [-0.1, -0.05) is 35.9 Å². The molecule has 0 aliphatic carbocycles. The monoisotopic (exact) mass is 337 g/mol. The third kappa shape index (κ3) is 4.67. The molecule has 0 atom stereocenters. The van der Waals surface area contributed by atoms with E-state index in [2.05, 4.69) is 46.8 Å². The maximum atomic E-state index is 12.0. The van der Waals surface area contributed by atoms with Crippen molar-refractivity contribution in [3.63, 3.8) is 0 Å². The highest BCUT2D eigenvalue weighted by atomic mass is 32.1. The summed E-state index contributed by atoms with van der Waals surface area (Å²) in [5.74, 6) is 0.756. The van der Waals surface area contributed by atoms with E-state index in [0.29, 0.717) is 12.1 Å². The van der Waals surface area contributed by atoms with Gasteiger partial charge in [-0.15, -0.1) is 11.3 Å². The molecule has 0 saturated heterocycles. The minimum Gasteiger partial charge on any atom is -0.366 e. The van der Waals surface area contributed by atoms with Crippen molar-refractivity contribution in [2.24, 2.45) is 0 Å². The van der Waals surface area contributed by atoms with Gasteiger partial charge in [0, 0.05) is 11.4 Å². The maximum Gasteiger partial charge on any atom is 0.229 e. The molecule has 3 aromatic rings. The topological polar surface area (TPSA) is 54.0 Å². The van der Waals surface area contributed by atoms with Gasteiger partial charge in [-0.05, 0) is 36.1 Å². The molecule has 5 heteroatoms. The zero-order valence-electron chi connectivity index (χ0n) is 13.5. The second-order valence-electron chi connectivity index (χ2n) is 5.58. The first-order chi connectivity index (χ1) is 11.7. The van der Waals surface area contributed by atoms with Crippen LogP contribution in [0.3, 0.4) is 0 Å². The molecule has 0 saturated carbocycles. The van der Waals surface area contributed by atoms with Crippen LogP contribution in [0.1, 0.15) is 16.0 Å². The Morgan fingerprint density at radius 2 is 1.96 bits per heavy atom. The van der Waals surface area contributed by atoms with E-state index in [0.717, 1.165) is 17.2 Å². The first-order valence-electron chi connectivity index (χ1n) is 7.77. The summed E-state index contributed by atoms with van der Waals surface area (Å²) in [6.45, 7) is 2.79. The lowest BCUT2D eigenvalue weighted by atomic mass is 10.1. The zero-order valence-corrected chi connectivity index (χ0v) is 14.3. The van der Waals surface area contributed by atoms with Crippen molar-refractivity contribution in [3.05, 3.63) is 76.1 Å². The first kappa shape index (κ1) is 16.2. The molecule has 0 aliphatic rings. The summed E-state index contributed by atoms with van der Waals surface area (Å²) in [7, 11) is 0. The summed E-state index contributed by atoms with van der Waals surface area (Å²) in [6, 6.07) is 16.0. The minimum absolute atomic E-state index is 0.0281. The van der Waals surface area contributed by atoms with Crippen LogP contribution in [0.2, 0.25) is 0 Å². The standard InChI is InChI=1S/C19H19N3OS/c1-14-4-6-15(7-5-14)12-20-18-9-8-16(13-21-18)22-19(23)11-17-3-2-10-24-17/h2-10,13H,11-12H2,1H3,(H,20,21)(H,22,23). The molecule has 24 heavy (non-hydrogen) atoms. The van der Waals surface area contributed by atoms with Gasteiger partial charge < -0.3 is 10.6 Å². The molecule has 0 bridgehead atoms. The molecule has 122 valence electrons. The maximum absolute atomic E-state index is 12.0. The number of carbonyl (C=O) groups is 1. The number of hydrogen-bond acceptors (Lipinski definition) is 4. The lowest BCUT2D eigenvalue weighted by Gasteiger charge is -2.08. The van der Waals surface area contributed by atoms with Gasteiger partial charge in [0.25, 0.3) is 0 Å². The van der Waals surface area contributed by atoms with Crippen molar-refractivity contribution >= 4 is 28.7 Å². The van der Waals surface area contributed by atoms with Gasteiger partial charge in [0.2, 0.25) is 5.91 Å². The van der Waals surface area contributed by atoms with Gasteiger partial charge in [0.1, 0.15) is 5.82 Å². The van der Waals surface area contributed by atoms with Crippen molar-refractivity contribution in [2.45, 2.75) is 19.9 Å². The number of aromatic nitrogens is 1. The number of nitrogens with zero attached hydrogens (tertiary/aromatic N) is 1. The Hall–Kier alpha value is -2.66. The van der Waals surface area contributed by atoms with Crippen LogP contribution >= 0.6 is 11.3 Å². The van der Waals surface area contributed by atoms with Gasteiger partial charge in [0.05, 0.1) is 18.3 Å². The van der Waals surface area contributed by atoms with Crippen molar-refractivity contribution in [2.75, 3.05) is 10.6 Å². The number of pyridine rings is 1. The summed E-state index contributed by atoms with van der Waals surface area (Å²) >= 11 is 1.58. The van der Waals surface area contributed by atoms with E-state index < -0.39 is 0 Å². The number of carbonyl (C=O) groups excluding carboxylic acids is 1. The molecule has 2 heterocycles. The Kier molecular flexibility index (Phi) is 5.23. The van der Waals surface area contributed by atoms with Gasteiger partial charge >= 0.3 is 0 Å². The summed E-state index contributed by atoms with van der Waals surface area (Å²) in [5, 5.41) is 8.11. The molecular weight excluding hydrogens is 318 g/mol. The van der Waals surface area contributed by atoms with E-state index in [-0.39, 0.29) is 5.91 Å². The minimum atomic E-state index is -0.0281. The number of hydrogen-bond donors (Lipinski definition) is 2. The largest absolute Gasteiger partial charge is 0.366 e. The van der Waals surface area contributed by atoms with E-state index in [1.54, 1.807) is 17.5 Å². The summed E-state index contributed by atoms with van der Waals surface area (Å²) in [5.41, 5.74) is 3.16. The Labute approximate surface area is 145 Å². The van der Waals surface area contributed by atoms with Crippen LogP contribution in [-0.2, 0) is 17.8 Å². The van der Waals surface area contributed by atoms with Crippen molar-refractivity contribution in [1.82, 2.24) is 4.98 Å². The fourth-order valence-electron chi connectivity index (χ4n) is 2.25. The highest BCUT2D eigenvalue weighted by molar-refractivity contribution is 7.10. The zero-order chi connectivity index (χ0) is 16.8. The Balaban J connectivity index is 1.51. The molecule has 1 amide bonds. The average molecular weight is 337 g/mol. The molecular formula is C19H19N3OS. The number of aryl methyl sites for hydroxylation is 1. The van der Waals surface area contributed by atoms with E-state index in [4.69, 9.17) is 0 Å². The number of anilines is 2.